The number of carbonyl (C=O) groups excluding carboxylic acids is 3. The molecule has 1 fully saturated rings. The van der Waals surface area contributed by atoms with Crippen LogP contribution in [0.1, 0.15) is 17.4 Å². The number of nitrogens with one attached hydrogen (secondary N) is 1. The molecule has 3 heterocycles. The highest BCUT2D eigenvalue weighted by molar-refractivity contribution is 8.00. The predicted molar refractivity (Wildman–Crippen MR) is 75.3 cm³/mol. The van der Waals surface area contributed by atoms with Crippen molar-refractivity contribution in [2.45, 2.75) is 18.3 Å². The van der Waals surface area contributed by atoms with Gasteiger partial charge in [-0.3, -0.25) is 19.2 Å². The highest BCUT2D eigenvalue weighted by Crippen LogP contribution is 2.39. The van der Waals surface area contributed by atoms with E-state index in [1.807, 2.05) is 0 Å². The van der Waals surface area contributed by atoms with E-state index in [4.69, 9.17) is 0 Å². The number of thioether (sulfide) groups is 1. The van der Waals surface area contributed by atoms with E-state index in [9.17, 15) is 19.5 Å². The predicted octanol–water partition coefficient (Wildman–Crippen LogP) is -1.54. The molecule has 2 aliphatic rings. The summed E-state index contributed by atoms with van der Waals surface area (Å²) in [6.45, 7) is 1.65. The summed E-state index contributed by atoms with van der Waals surface area (Å²) in [5.41, 5.74) is 0.711. The monoisotopic (exact) mass is 321 g/mol. The van der Waals surface area contributed by atoms with Gasteiger partial charge in [0.25, 0.3) is 11.8 Å². The fourth-order valence-electron chi connectivity index (χ4n) is 2.51. The summed E-state index contributed by atoms with van der Waals surface area (Å²) in [5, 5.41) is 17.3. The number of nitrogens with zero attached hydrogens (tertiary/aromatic N) is 3. The third kappa shape index (κ3) is 2.17. The number of carboxylic acids is 1. The largest absolute Gasteiger partial charge is 0.543 e. The van der Waals surface area contributed by atoms with Gasteiger partial charge >= 0.3 is 0 Å². The molecule has 0 aromatic carbocycles. The Bertz CT molecular complexity index is 711. The van der Waals surface area contributed by atoms with E-state index in [-0.39, 0.29) is 11.4 Å². The molecule has 0 saturated carbocycles. The Balaban J connectivity index is 1.76. The number of carboxylic acid groups (broad SMARTS) is 1. The van der Waals surface area contributed by atoms with Crippen molar-refractivity contribution >= 4 is 29.5 Å². The van der Waals surface area contributed by atoms with E-state index in [1.165, 1.54) is 21.3 Å². The van der Waals surface area contributed by atoms with Gasteiger partial charge in [-0.25, -0.2) is 0 Å². The van der Waals surface area contributed by atoms with Crippen LogP contribution < -0.4 is 10.4 Å². The number of β-lactam (4-membered cyclic amide) rings is 1. The number of rotatable bonds is 3. The standard InChI is InChI=1S/C13H14N4O4S/c1-6-5-22-12-8(11(19)17(12)9(6)13(20)21)14-10(18)7-3-4-16(2)15-7/h3-4,8,12H,5H2,1-2H3,(H,14,18)(H,20,21)/p-1/t8-,12+/m1/s1. The Morgan fingerprint density at radius 1 is 1.50 bits per heavy atom. The number of aliphatic carboxylic acids is 1. The Labute approximate surface area is 130 Å². The number of aryl methyl sites for hydroxylation is 1. The molecule has 3 rings (SSSR count). The van der Waals surface area contributed by atoms with Crippen LogP contribution in [0.5, 0.6) is 0 Å². The van der Waals surface area contributed by atoms with Crippen molar-refractivity contribution in [1.29, 1.82) is 0 Å². The van der Waals surface area contributed by atoms with Gasteiger partial charge in [0.15, 0.2) is 0 Å². The minimum absolute atomic E-state index is 0.0860. The highest BCUT2D eigenvalue weighted by atomic mass is 32.2. The Hall–Kier alpha value is -2.29. The number of aromatic nitrogens is 2. The van der Waals surface area contributed by atoms with Crippen LogP contribution in [0.15, 0.2) is 23.5 Å². The lowest BCUT2D eigenvalue weighted by Crippen LogP contribution is -2.71. The van der Waals surface area contributed by atoms with E-state index in [0.717, 1.165) is 0 Å². The first kappa shape index (κ1) is 14.6. The van der Waals surface area contributed by atoms with Gasteiger partial charge in [0.05, 0.1) is 11.7 Å². The lowest BCUT2D eigenvalue weighted by Gasteiger charge is -2.50. The SMILES string of the molecule is CC1=C(C(=O)[O-])N2C(=O)[C@@H](NC(=O)c3ccn(C)n3)[C@@H]2SC1. The van der Waals surface area contributed by atoms with Crippen molar-refractivity contribution in [2.24, 2.45) is 7.05 Å². The second kappa shape index (κ2) is 5.16. The summed E-state index contributed by atoms with van der Waals surface area (Å²) in [4.78, 5) is 36.6. The van der Waals surface area contributed by atoms with Gasteiger partial charge in [-0.15, -0.1) is 11.8 Å². The fraction of sp³-hybridized carbons (Fsp3) is 0.385. The molecule has 0 spiro atoms. The number of carbonyl (C=O) groups is 3. The lowest BCUT2D eigenvalue weighted by atomic mass is 10.0. The molecule has 1 aromatic heterocycles. The molecule has 22 heavy (non-hydrogen) atoms. The summed E-state index contributed by atoms with van der Waals surface area (Å²) in [6, 6.07) is 0.794. The molecule has 0 aliphatic carbocycles. The van der Waals surface area contributed by atoms with E-state index in [1.54, 1.807) is 26.2 Å². The number of fused-ring (bicyclic) bond motifs is 1. The van der Waals surface area contributed by atoms with Crippen molar-refractivity contribution < 1.29 is 19.5 Å². The molecule has 1 aromatic rings. The zero-order valence-corrected chi connectivity index (χ0v) is 12.7. The average Bonchev–Trinajstić information content (AvgIpc) is 2.90. The van der Waals surface area contributed by atoms with E-state index >= 15 is 0 Å². The van der Waals surface area contributed by atoms with Crippen LogP contribution in [0.25, 0.3) is 0 Å². The van der Waals surface area contributed by atoms with Crippen molar-refractivity contribution in [3.63, 3.8) is 0 Å². The van der Waals surface area contributed by atoms with Crippen molar-refractivity contribution in [3.8, 4) is 0 Å². The summed E-state index contributed by atoms with van der Waals surface area (Å²) in [6.07, 6.45) is 1.62. The third-order valence-corrected chi connectivity index (χ3v) is 5.01. The van der Waals surface area contributed by atoms with E-state index in [0.29, 0.717) is 11.3 Å². The quantitative estimate of drug-likeness (QED) is 0.676. The van der Waals surface area contributed by atoms with Gasteiger partial charge in [-0.1, -0.05) is 0 Å². The molecule has 8 nitrogen and oxygen atoms in total. The number of hydrogen-bond acceptors (Lipinski definition) is 6. The maximum atomic E-state index is 12.2. The van der Waals surface area contributed by atoms with E-state index in [2.05, 4.69) is 10.4 Å². The van der Waals surface area contributed by atoms with Gasteiger partial charge in [0.2, 0.25) is 0 Å². The zero-order valence-electron chi connectivity index (χ0n) is 11.9. The first-order valence-corrected chi connectivity index (χ1v) is 7.61. The number of hydrogen-bond donors (Lipinski definition) is 1. The maximum Gasteiger partial charge on any atom is 0.272 e. The van der Waals surface area contributed by atoms with Crippen molar-refractivity contribution in [1.82, 2.24) is 20.0 Å². The van der Waals surface area contributed by atoms with Crippen LogP contribution in [0.4, 0.5) is 0 Å². The molecule has 9 heteroatoms. The van der Waals surface area contributed by atoms with E-state index < -0.39 is 29.2 Å². The molecule has 1 N–H and O–H groups in total. The van der Waals surface area contributed by atoms with Crippen molar-refractivity contribution in [2.75, 3.05) is 5.75 Å². The average molecular weight is 321 g/mol. The van der Waals surface area contributed by atoms with Crippen LogP contribution in [0.2, 0.25) is 0 Å². The highest BCUT2D eigenvalue weighted by Gasteiger charge is 2.52. The Morgan fingerprint density at radius 2 is 2.23 bits per heavy atom. The normalized spacial score (nSPS) is 23.9. The molecule has 116 valence electrons. The van der Waals surface area contributed by atoms with Crippen LogP contribution in [0.3, 0.4) is 0 Å². The molecule has 2 amide bonds. The first-order valence-electron chi connectivity index (χ1n) is 6.56. The zero-order chi connectivity index (χ0) is 16.0. The van der Waals surface area contributed by atoms with Crippen molar-refractivity contribution in [3.05, 3.63) is 29.2 Å². The van der Waals surface area contributed by atoms with Gasteiger partial charge < -0.3 is 15.2 Å². The summed E-state index contributed by atoms with van der Waals surface area (Å²) >= 11 is 1.41. The molecule has 0 radical (unpaired) electrons. The topological polar surface area (TPSA) is 107 Å². The molecule has 2 atom stereocenters. The molecule has 0 unspecified atom stereocenters. The van der Waals surface area contributed by atoms with Crippen LogP contribution in [0, 0.1) is 0 Å². The summed E-state index contributed by atoms with van der Waals surface area (Å²) in [7, 11) is 1.68. The second-order valence-corrected chi connectivity index (χ2v) is 6.26. The molecule has 0 bridgehead atoms. The molecular weight excluding hydrogens is 308 g/mol. The maximum absolute atomic E-state index is 12.2. The van der Waals surface area contributed by atoms with Crippen LogP contribution in [-0.2, 0) is 16.6 Å². The third-order valence-electron chi connectivity index (χ3n) is 3.59. The summed E-state index contributed by atoms with van der Waals surface area (Å²) < 4.78 is 1.49. The Morgan fingerprint density at radius 3 is 2.82 bits per heavy atom. The smallest absolute Gasteiger partial charge is 0.272 e. The molecular formula is C13H13N4O4S-. The minimum atomic E-state index is -1.37. The molecule has 1 saturated heterocycles. The van der Waals surface area contributed by atoms with Gasteiger partial charge in [0, 0.05) is 19.0 Å². The minimum Gasteiger partial charge on any atom is -0.543 e. The molecule has 2 aliphatic heterocycles. The van der Waals surface area contributed by atoms with Crippen LogP contribution >= 0.6 is 11.8 Å². The fourth-order valence-corrected chi connectivity index (χ4v) is 3.81. The second-order valence-electron chi connectivity index (χ2n) is 5.15. The van der Waals surface area contributed by atoms with Gasteiger partial charge in [-0.05, 0) is 18.6 Å². The first-order chi connectivity index (χ1) is 10.4. The summed E-state index contributed by atoms with van der Waals surface area (Å²) in [5.74, 6) is -1.79. The Kier molecular flexibility index (Phi) is 3.44. The van der Waals surface area contributed by atoms with Crippen LogP contribution in [-0.4, -0.2) is 49.6 Å². The number of amides is 2. The van der Waals surface area contributed by atoms with Gasteiger partial charge in [0.1, 0.15) is 17.1 Å². The van der Waals surface area contributed by atoms with Gasteiger partial charge in [-0.2, -0.15) is 5.10 Å². The lowest BCUT2D eigenvalue weighted by molar-refractivity contribution is -0.301.